The fraction of sp³-hybridized carbons (Fsp3) is 0.562. The Morgan fingerprint density at radius 2 is 1.79 bits per heavy atom. The molecule has 0 unspecified atom stereocenters. The van der Waals surface area contributed by atoms with Gasteiger partial charge in [0.15, 0.2) is 0 Å². The molecule has 24 heavy (non-hydrogen) atoms. The summed E-state index contributed by atoms with van der Waals surface area (Å²) in [7, 11) is -3.93. The molecule has 0 bridgehead atoms. The molecule has 8 heteroatoms. The maximum absolute atomic E-state index is 12.4. The number of sulfonamides is 1. The molecule has 0 saturated heterocycles. The predicted octanol–water partition coefficient (Wildman–Crippen LogP) is 3.50. The molecule has 134 valence electrons. The first kappa shape index (κ1) is 19.5. The van der Waals surface area contributed by atoms with Gasteiger partial charge in [-0.15, -0.1) is 0 Å². The molecule has 2 N–H and O–H groups in total. The van der Waals surface area contributed by atoms with E-state index in [2.05, 4.69) is 10.0 Å². The Bertz CT molecular complexity index is 687. The molecule has 0 radical (unpaired) electrons. The van der Waals surface area contributed by atoms with Gasteiger partial charge < -0.3 is 5.32 Å². The summed E-state index contributed by atoms with van der Waals surface area (Å²) in [6.07, 6.45) is 6.41. The first-order chi connectivity index (χ1) is 11.3. The molecule has 0 spiro atoms. The summed E-state index contributed by atoms with van der Waals surface area (Å²) in [5, 5.41) is 3.25. The molecule has 5 nitrogen and oxygen atoms in total. The second-order valence-corrected chi connectivity index (χ2v) is 8.64. The van der Waals surface area contributed by atoms with Crippen LogP contribution >= 0.6 is 23.2 Å². The lowest BCUT2D eigenvalue weighted by atomic mass is 10.1. The minimum atomic E-state index is -3.93. The lowest BCUT2D eigenvalue weighted by molar-refractivity contribution is -0.123. The van der Waals surface area contributed by atoms with Crippen LogP contribution in [0, 0.1) is 0 Å². The maximum Gasteiger partial charge on any atom is 0.242 e. The van der Waals surface area contributed by atoms with Gasteiger partial charge in [0.25, 0.3) is 0 Å². The van der Waals surface area contributed by atoms with E-state index in [0.29, 0.717) is 0 Å². The molecule has 0 aromatic heterocycles. The Morgan fingerprint density at radius 3 is 2.42 bits per heavy atom. The van der Waals surface area contributed by atoms with Crippen molar-refractivity contribution in [1.82, 2.24) is 10.0 Å². The highest BCUT2D eigenvalue weighted by Gasteiger charge is 2.26. The molecule has 2 rings (SSSR count). The number of carbonyl (C=O) groups excluding carboxylic acids is 1. The Labute approximate surface area is 153 Å². The smallest absolute Gasteiger partial charge is 0.242 e. The van der Waals surface area contributed by atoms with E-state index in [1.54, 1.807) is 0 Å². The summed E-state index contributed by atoms with van der Waals surface area (Å²) in [5.41, 5.74) is 0. The standard InChI is InChI=1S/C16H22Cl2N2O3S/c1-11(16(21)19-13-6-4-2-3-5-7-13)20-24(22,23)15-10-12(17)8-9-14(15)18/h8-11,13,20H,2-7H2,1H3,(H,19,21)/t11-/m0/s1. The van der Waals surface area contributed by atoms with Crippen molar-refractivity contribution < 1.29 is 13.2 Å². The zero-order valence-corrected chi connectivity index (χ0v) is 15.8. The molecule has 0 heterocycles. The fourth-order valence-electron chi connectivity index (χ4n) is 2.78. The Balaban J connectivity index is 2.02. The summed E-state index contributed by atoms with van der Waals surface area (Å²) in [5.74, 6) is -0.330. The fourth-order valence-corrected chi connectivity index (χ4v) is 4.75. The largest absolute Gasteiger partial charge is 0.352 e. The number of halogens is 2. The van der Waals surface area contributed by atoms with Crippen molar-refractivity contribution in [3.8, 4) is 0 Å². The van der Waals surface area contributed by atoms with Gasteiger partial charge in [-0.05, 0) is 38.0 Å². The second kappa shape index (κ2) is 8.52. The monoisotopic (exact) mass is 392 g/mol. The van der Waals surface area contributed by atoms with E-state index in [9.17, 15) is 13.2 Å². The number of hydrogen-bond acceptors (Lipinski definition) is 3. The van der Waals surface area contributed by atoms with Gasteiger partial charge in [-0.2, -0.15) is 4.72 Å². The molecule has 1 saturated carbocycles. The van der Waals surface area contributed by atoms with Crippen LogP contribution in [-0.2, 0) is 14.8 Å². The third-order valence-electron chi connectivity index (χ3n) is 4.11. The number of amides is 1. The van der Waals surface area contributed by atoms with Gasteiger partial charge in [0, 0.05) is 11.1 Å². The molecule has 1 atom stereocenters. The quantitative estimate of drug-likeness (QED) is 0.752. The van der Waals surface area contributed by atoms with Crippen molar-refractivity contribution in [2.24, 2.45) is 0 Å². The Morgan fingerprint density at radius 1 is 1.17 bits per heavy atom. The number of carbonyl (C=O) groups is 1. The maximum atomic E-state index is 12.4. The minimum absolute atomic E-state index is 0.0586. The van der Waals surface area contributed by atoms with Crippen molar-refractivity contribution in [3.63, 3.8) is 0 Å². The summed E-state index contributed by atoms with van der Waals surface area (Å²) in [6.45, 7) is 1.52. The lowest BCUT2D eigenvalue weighted by Gasteiger charge is -2.20. The van der Waals surface area contributed by atoms with E-state index < -0.39 is 16.1 Å². The Kier molecular flexibility index (Phi) is 6.92. The van der Waals surface area contributed by atoms with Crippen molar-refractivity contribution in [3.05, 3.63) is 28.2 Å². The van der Waals surface area contributed by atoms with Crippen LogP contribution < -0.4 is 10.0 Å². The molecule has 1 amide bonds. The highest BCUT2D eigenvalue weighted by atomic mass is 35.5. The molecule has 1 fully saturated rings. The third-order valence-corrected chi connectivity index (χ3v) is 6.37. The van der Waals surface area contributed by atoms with E-state index in [-0.39, 0.29) is 26.9 Å². The van der Waals surface area contributed by atoms with Crippen molar-refractivity contribution >= 4 is 39.1 Å². The lowest BCUT2D eigenvalue weighted by Crippen LogP contribution is -2.47. The average molecular weight is 393 g/mol. The van der Waals surface area contributed by atoms with Crippen molar-refractivity contribution in [2.45, 2.75) is 62.4 Å². The van der Waals surface area contributed by atoms with Gasteiger partial charge >= 0.3 is 0 Å². The average Bonchev–Trinajstić information content (AvgIpc) is 2.77. The van der Waals surface area contributed by atoms with E-state index in [4.69, 9.17) is 23.2 Å². The zero-order valence-electron chi connectivity index (χ0n) is 13.5. The molecule has 1 aromatic carbocycles. The first-order valence-electron chi connectivity index (χ1n) is 8.07. The van der Waals surface area contributed by atoms with Gasteiger partial charge in [-0.25, -0.2) is 8.42 Å². The van der Waals surface area contributed by atoms with Crippen LogP contribution in [0.2, 0.25) is 10.0 Å². The van der Waals surface area contributed by atoms with Crippen LogP contribution in [0.25, 0.3) is 0 Å². The van der Waals surface area contributed by atoms with Crippen LogP contribution in [0.1, 0.15) is 45.4 Å². The summed E-state index contributed by atoms with van der Waals surface area (Å²) < 4.78 is 27.2. The first-order valence-corrected chi connectivity index (χ1v) is 10.3. The molecular formula is C16H22Cl2N2O3S. The summed E-state index contributed by atoms with van der Waals surface area (Å²) in [4.78, 5) is 12.2. The molecular weight excluding hydrogens is 371 g/mol. The SMILES string of the molecule is C[C@H](NS(=O)(=O)c1cc(Cl)ccc1Cl)C(=O)NC1CCCCCC1. The van der Waals surface area contributed by atoms with E-state index >= 15 is 0 Å². The Hall–Kier alpha value is -0.820. The van der Waals surface area contributed by atoms with Crippen LogP contribution in [0.5, 0.6) is 0 Å². The molecule has 0 aliphatic heterocycles. The summed E-state index contributed by atoms with van der Waals surface area (Å²) in [6, 6.07) is 3.40. The van der Waals surface area contributed by atoms with Gasteiger partial charge in [0.2, 0.25) is 15.9 Å². The zero-order chi connectivity index (χ0) is 17.7. The number of nitrogens with one attached hydrogen (secondary N) is 2. The van der Waals surface area contributed by atoms with Gasteiger partial charge in [-0.1, -0.05) is 48.9 Å². The number of benzene rings is 1. The highest BCUT2D eigenvalue weighted by Crippen LogP contribution is 2.25. The van der Waals surface area contributed by atoms with Gasteiger partial charge in [-0.3, -0.25) is 4.79 Å². The molecule has 1 aliphatic rings. The van der Waals surface area contributed by atoms with Gasteiger partial charge in [0.1, 0.15) is 4.90 Å². The van der Waals surface area contributed by atoms with Crippen LogP contribution in [0.4, 0.5) is 0 Å². The topological polar surface area (TPSA) is 75.3 Å². The van der Waals surface area contributed by atoms with Gasteiger partial charge in [0.05, 0.1) is 11.1 Å². The van der Waals surface area contributed by atoms with Crippen molar-refractivity contribution in [1.29, 1.82) is 0 Å². The van der Waals surface area contributed by atoms with Crippen LogP contribution in [-0.4, -0.2) is 26.4 Å². The van der Waals surface area contributed by atoms with Crippen LogP contribution in [0.3, 0.4) is 0 Å². The highest BCUT2D eigenvalue weighted by molar-refractivity contribution is 7.89. The van der Waals surface area contributed by atoms with Crippen LogP contribution in [0.15, 0.2) is 23.1 Å². The van der Waals surface area contributed by atoms with E-state index in [1.807, 2.05) is 0 Å². The minimum Gasteiger partial charge on any atom is -0.352 e. The summed E-state index contributed by atoms with van der Waals surface area (Å²) >= 11 is 11.8. The second-order valence-electron chi connectivity index (χ2n) is 6.11. The molecule has 1 aliphatic carbocycles. The predicted molar refractivity (Wildman–Crippen MR) is 95.9 cm³/mol. The number of rotatable bonds is 5. The van der Waals surface area contributed by atoms with Crippen molar-refractivity contribution in [2.75, 3.05) is 0 Å². The normalized spacial score (nSPS) is 18.0. The van der Waals surface area contributed by atoms with E-state index in [0.717, 1.165) is 25.7 Å². The van der Waals surface area contributed by atoms with E-state index in [1.165, 1.54) is 38.0 Å². The third kappa shape index (κ3) is 5.34. The number of hydrogen-bond donors (Lipinski definition) is 2. The molecule has 1 aromatic rings.